The monoisotopic (exact) mass is 376 g/mol. The minimum Gasteiger partial charge on any atom is -0.0649 e. The molecule has 6 atom stereocenters. The van der Waals surface area contributed by atoms with Crippen molar-refractivity contribution in [3.8, 4) is 0 Å². The zero-order chi connectivity index (χ0) is 19.7. The molecule has 0 saturated heterocycles. The fourth-order valence-corrected chi connectivity index (χ4v) is 6.23. The van der Waals surface area contributed by atoms with Crippen molar-refractivity contribution in [3.63, 3.8) is 0 Å². The predicted molar refractivity (Wildman–Crippen MR) is 122 cm³/mol. The molecule has 0 N–H and O–H groups in total. The van der Waals surface area contributed by atoms with E-state index in [9.17, 15) is 0 Å². The van der Waals surface area contributed by atoms with Crippen LogP contribution >= 0.6 is 0 Å². The molecule has 0 radical (unpaired) electrons. The molecule has 2 aliphatic carbocycles. The Bertz CT molecular complexity index is 385. The molecule has 0 nitrogen and oxygen atoms in total. The van der Waals surface area contributed by atoms with Crippen molar-refractivity contribution in [1.82, 2.24) is 0 Å². The van der Waals surface area contributed by atoms with Crippen molar-refractivity contribution in [3.05, 3.63) is 0 Å². The average molecular weight is 377 g/mol. The zero-order valence-corrected chi connectivity index (χ0v) is 19.7. The van der Waals surface area contributed by atoms with Gasteiger partial charge in [0.25, 0.3) is 0 Å². The lowest BCUT2D eigenvalue weighted by Crippen LogP contribution is -2.18. The van der Waals surface area contributed by atoms with Crippen LogP contribution in [0.25, 0.3) is 0 Å². The van der Waals surface area contributed by atoms with Crippen molar-refractivity contribution in [2.45, 2.75) is 137 Å². The third-order valence-electron chi connectivity index (χ3n) is 9.09. The van der Waals surface area contributed by atoms with Crippen LogP contribution in [-0.4, -0.2) is 0 Å². The summed E-state index contributed by atoms with van der Waals surface area (Å²) in [5.41, 5.74) is 0.637. The van der Waals surface area contributed by atoms with Crippen LogP contribution in [0.4, 0.5) is 0 Å². The van der Waals surface area contributed by atoms with E-state index in [4.69, 9.17) is 0 Å². The van der Waals surface area contributed by atoms with E-state index in [1.807, 2.05) is 0 Å². The molecule has 0 aromatic rings. The van der Waals surface area contributed by atoms with Gasteiger partial charge >= 0.3 is 0 Å². The minimum absolute atomic E-state index is 0.637. The molecule has 160 valence electrons. The van der Waals surface area contributed by atoms with Crippen LogP contribution in [0.15, 0.2) is 0 Å². The van der Waals surface area contributed by atoms with Gasteiger partial charge in [0.2, 0.25) is 0 Å². The van der Waals surface area contributed by atoms with Crippen LogP contribution in [-0.2, 0) is 0 Å². The van der Waals surface area contributed by atoms with Gasteiger partial charge in [-0.1, -0.05) is 118 Å². The normalized spacial score (nSPS) is 35.7. The Kier molecular flexibility index (Phi) is 10.2. The maximum absolute atomic E-state index is 2.57. The SMILES string of the molecule is CCC1(C)CCCCCC(CC(C)C(C)CCCC2CCCC2C)CCC1. The molecular formula is C27H52. The molecule has 27 heavy (non-hydrogen) atoms. The molecule has 2 rings (SSSR count). The van der Waals surface area contributed by atoms with E-state index in [1.165, 1.54) is 103 Å². The number of hydrogen-bond acceptors (Lipinski definition) is 0. The molecule has 0 amide bonds. The second-order valence-corrected chi connectivity index (χ2v) is 11.3. The van der Waals surface area contributed by atoms with E-state index in [0.717, 1.165) is 29.6 Å². The second kappa shape index (κ2) is 11.9. The first-order chi connectivity index (χ1) is 12.9. The Morgan fingerprint density at radius 3 is 2.30 bits per heavy atom. The molecule has 0 bridgehead atoms. The molecule has 2 fully saturated rings. The van der Waals surface area contributed by atoms with Gasteiger partial charge in [0, 0.05) is 0 Å². The van der Waals surface area contributed by atoms with Gasteiger partial charge in [-0.05, 0) is 54.3 Å². The lowest BCUT2D eigenvalue weighted by atomic mass is 9.74. The van der Waals surface area contributed by atoms with Crippen molar-refractivity contribution in [2.24, 2.45) is 35.0 Å². The molecule has 0 aromatic carbocycles. The minimum atomic E-state index is 0.637. The highest BCUT2D eigenvalue weighted by Crippen LogP contribution is 2.39. The highest BCUT2D eigenvalue weighted by molar-refractivity contribution is 4.77. The Morgan fingerprint density at radius 1 is 0.852 bits per heavy atom. The van der Waals surface area contributed by atoms with E-state index in [-0.39, 0.29) is 0 Å². The topological polar surface area (TPSA) is 0 Å². The van der Waals surface area contributed by atoms with E-state index in [1.54, 1.807) is 0 Å². The smallest absolute Gasteiger partial charge is 0.0328 e. The van der Waals surface area contributed by atoms with E-state index >= 15 is 0 Å². The molecule has 0 heteroatoms. The summed E-state index contributed by atoms with van der Waals surface area (Å²) in [7, 11) is 0. The molecule has 0 heterocycles. The summed E-state index contributed by atoms with van der Waals surface area (Å²) >= 11 is 0. The van der Waals surface area contributed by atoms with Crippen LogP contribution in [0.2, 0.25) is 0 Å². The molecule has 0 aliphatic heterocycles. The van der Waals surface area contributed by atoms with Gasteiger partial charge < -0.3 is 0 Å². The van der Waals surface area contributed by atoms with Crippen LogP contribution in [0, 0.1) is 35.0 Å². The van der Waals surface area contributed by atoms with E-state index < -0.39 is 0 Å². The summed E-state index contributed by atoms with van der Waals surface area (Å²) in [6.07, 6.45) is 23.8. The fraction of sp³-hybridized carbons (Fsp3) is 1.00. The third kappa shape index (κ3) is 8.10. The van der Waals surface area contributed by atoms with E-state index in [2.05, 4.69) is 34.6 Å². The highest BCUT2D eigenvalue weighted by atomic mass is 14.3. The lowest BCUT2D eigenvalue weighted by molar-refractivity contribution is 0.205. The van der Waals surface area contributed by atoms with Crippen molar-refractivity contribution >= 4 is 0 Å². The van der Waals surface area contributed by atoms with E-state index in [0.29, 0.717) is 5.41 Å². The van der Waals surface area contributed by atoms with Crippen LogP contribution in [0.3, 0.4) is 0 Å². The zero-order valence-electron chi connectivity index (χ0n) is 19.7. The maximum atomic E-state index is 2.57. The summed E-state index contributed by atoms with van der Waals surface area (Å²) < 4.78 is 0. The van der Waals surface area contributed by atoms with Gasteiger partial charge in [0.1, 0.15) is 0 Å². The Morgan fingerprint density at radius 2 is 1.59 bits per heavy atom. The number of rotatable bonds is 8. The summed E-state index contributed by atoms with van der Waals surface area (Å²) in [5, 5.41) is 0. The van der Waals surface area contributed by atoms with Gasteiger partial charge in [0.05, 0.1) is 0 Å². The van der Waals surface area contributed by atoms with Crippen LogP contribution in [0.5, 0.6) is 0 Å². The first-order valence-electron chi connectivity index (χ1n) is 12.9. The number of hydrogen-bond donors (Lipinski definition) is 0. The van der Waals surface area contributed by atoms with Crippen LogP contribution in [0.1, 0.15) is 137 Å². The van der Waals surface area contributed by atoms with Crippen molar-refractivity contribution in [2.75, 3.05) is 0 Å². The lowest BCUT2D eigenvalue weighted by Gasteiger charge is -2.32. The Balaban J connectivity index is 1.70. The first-order valence-corrected chi connectivity index (χ1v) is 12.9. The van der Waals surface area contributed by atoms with Crippen molar-refractivity contribution < 1.29 is 0 Å². The second-order valence-electron chi connectivity index (χ2n) is 11.3. The Hall–Kier alpha value is 0. The summed E-state index contributed by atoms with van der Waals surface area (Å²) in [6, 6.07) is 0. The average Bonchev–Trinajstić information content (AvgIpc) is 3.06. The Labute approximate surface area is 172 Å². The summed E-state index contributed by atoms with van der Waals surface area (Å²) in [4.78, 5) is 0. The quantitative estimate of drug-likeness (QED) is 0.395. The molecule has 2 aliphatic rings. The van der Waals surface area contributed by atoms with Gasteiger partial charge in [-0.3, -0.25) is 0 Å². The van der Waals surface area contributed by atoms with Gasteiger partial charge in [-0.25, -0.2) is 0 Å². The molecule has 0 spiro atoms. The van der Waals surface area contributed by atoms with Gasteiger partial charge in [0.15, 0.2) is 0 Å². The maximum Gasteiger partial charge on any atom is -0.0328 e. The molecule has 6 unspecified atom stereocenters. The van der Waals surface area contributed by atoms with Crippen LogP contribution < -0.4 is 0 Å². The fourth-order valence-electron chi connectivity index (χ4n) is 6.23. The molecule has 0 aromatic heterocycles. The molecular weight excluding hydrogens is 324 g/mol. The van der Waals surface area contributed by atoms with Gasteiger partial charge in [-0.2, -0.15) is 0 Å². The first kappa shape index (κ1) is 23.3. The summed E-state index contributed by atoms with van der Waals surface area (Å²) in [5.74, 6) is 4.93. The summed E-state index contributed by atoms with van der Waals surface area (Å²) in [6.45, 7) is 12.6. The molecule has 2 saturated carbocycles. The largest absolute Gasteiger partial charge is 0.0649 e. The third-order valence-corrected chi connectivity index (χ3v) is 9.09. The predicted octanol–water partition coefficient (Wildman–Crippen LogP) is 9.42. The van der Waals surface area contributed by atoms with Gasteiger partial charge in [-0.15, -0.1) is 0 Å². The standard InChI is InChI=1S/C27H52/c1-6-27(5)19-9-7-8-15-25(16-12-20-27)21-24(4)22(2)13-10-17-26-18-11-14-23(26)3/h22-26H,6-21H2,1-5H3. The van der Waals surface area contributed by atoms with Crippen molar-refractivity contribution in [1.29, 1.82) is 0 Å². The highest BCUT2D eigenvalue weighted by Gasteiger charge is 2.25.